The Morgan fingerprint density at radius 3 is 1.56 bits per heavy atom. The molecule has 27 heteroatoms. The number of benzene rings is 4. The maximum atomic E-state index is 12.6. The smallest absolute Gasteiger partial charge is 0.866 e. The van der Waals surface area contributed by atoms with Crippen molar-refractivity contribution in [1.82, 2.24) is 19.6 Å². The van der Waals surface area contributed by atoms with Gasteiger partial charge in [-0.3, -0.25) is 20.2 Å². The minimum atomic E-state index is -5.12. The van der Waals surface area contributed by atoms with Gasteiger partial charge in [0.25, 0.3) is 11.4 Å². The number of nitro groups is 2. The van der Waals surface area contributed by atoms with Gasteiger partial charge in [-0.15, -0.1) is 10.2 Å². The number of azo groups is 2. The molecule has 0 atom stereocenters. The molecule has 59 heavy (non-hydrogen) atoms. The van der Waals surface area contributed by atoms with Crippen molar-refractivity contribution >= 4 is 67.4 Å². The normalized spacial score (nSPS) is 10.9. The minimum Gasteiger partial charge on any atom is -0.866 e. The van der Waals surface area contributed by atoms with Gasteiger partial charge in [0.1, 0.15) is 21.5 Å². The summed E-state index contributed by atoms with van der Waals surface area (Å²) in [4.78, 5) is 18.8. The van der Waals surface area contributed by atoms with Crippen molar-refractivity contribution in [3.05, 3.63) is 121 Å². The molecule has 1 radical (unpaired) electrons. The average molecular weight is 921 g/mol. The van der Waals surface area contributed by atoms with Crippen LogP contribution in [0.3, 0.4) is 0 Å². The summed E-state index contributed by atoms with van der Waals surface area (Å²) in [6.45, 7) is 2.99. The van der Waals surface area contributed by atoms with E-state index in [0.717, 1.165) is 21.5 Å². The van der Waals surface area contributed by atoms with Crippen molar-refractivity contribution in [3.8, 4) is 34.6 Å². The van der Waals surface area contributed by atoms with Crippen molar-refractivity contribution in [2.45, 2.75) is 18.7 Å². The van der Waals surface area contributed by atoms with Gasteiger partial charge in [-0.25, -0.2) is 17.8 Å². The summed E-state index contributed by atoms with van der Waals surface area (Å²) >= 11 is 11.7. The quantitative estimate of drug-likeness (QED) is 0.0582. The molecule has 21 nitrogen and oxygen atoms in total. The Balaban J connectivity index is 0.000000390. The predicted octanol–water partition coefficient (Wildman–Crippen LogP) is -0.481. The van der Waals surface area contributed by atoms with Crippen molar-refractivity contribution in [3.63, 3.8) is 0 Å². The van der Waals surface area contributed by atoms with Crippen LogP contribution in [0, 0.1) is 34.1 Å². The number of para-hydroxylation sites is 1. The molecule has 291 valence electrons. The van der Waals surface area contributed by atoms with Crippen LogP contribution >= 0.6 is 23.2 Å². The third kappa shape index (κ3) is 11.8. The zero-order valence-corrected chi connectivity index (χ0v) is 38.1. The average Bonchev–Trinajstić information content (AvgIpc) is 3.59. The van der Waals surface area contributed by atoms with Gasteiger partial charge in [-0.05, 0) is 56.3 Å². The van der Waals surface area contributed by atoms with E-state index in [1.165, 1.54) is 13.0 Å². The number of hydrogen-bond donors (Lipinski definition) is 0. The predicted molar refractivity (Wildman–Crippen MR) is 187 cm³/mol. The van der Waals surface area contributed by atoms with Crippen LogP contribution in [0.4, 0.5) is 34.1 Å². The molecule has 4 aromatic carbocycles. The van der Waals surface area contributed by atoms with Crippen LogP contribution in [0.2, 0.25) is 10.0 Å². The zero-order chi connectivity index (χ0) is 41.1. The molecule has 0 saturated heterocycles. The van der Waals surface area contributed by atoms with Crippen LogP contribution in [0.1, 0.15) is 11.4 Å². The molecule has 0 aliphatic rings. The van der Waals surface area contributed by atoms with Gasteiger partial charge in [0, 0.05) is 45.4 Å². The monoisotopic (exact) mass is 919 g/mol. The van der Waals surface area contributed by atoms with Gasteiger partial charge in [0.15, 0.2) is 0 Å². The second-order valence-electron chi connectivity index (χ2n) is 11.0. The molecular weight excluding hydrogens is 901 g/mol. The van der Waals surface area contributed by atoms with E-state index in [4.69, 9.17) is 23.2 Å². The Morgan fingerprint density at radius 2 is 1.08 bits per heavy atom. The molecule has 0 saturated carbocycles. The molecule has 6 aromatic rings. The van der Waals surface area contributed by atoms with Crippen LogP contribution in [-0.2, 0) is 27.5 Å². The summed E-state index contributed by atoms with van der Waals surface area (Å²) in [5.41, 5.74) is -2.11. The van der Waals surface area contributed by atoms with Crippen LogP contribution in [0.25, 0.3) is 11.4 Å². The maximum absolute atomic E-state index is 12.6. The van der Waals surface area contributed by atoms with Gasteiger partial charge < -0.3 is 25.0 Å². The molecule has 0 fully saturated rings. The maximum Gasteiger partial charge on any atom is 3.00 e. The summed E-state index contributed by atoms with van der Waals surface area (Å²) < 4.78 is 35.8. The van der Waals surface area contributed by atoms with E-state index in [1.54, 1.807) is 55.5 Å². The molecule has 0 aliphatic carbocycles. The van der Waals surface area contributed by atoms with Gasteiger partial charge >= 0.3 is 76.5 Å². The Bertz CT molecular complexity index is 2710. The molecule has 0 amide bonds. The number of aryl methyl sites for hydroxylation is 2. The summed E-state index contributed by atoms with van der Waals surface area (Å²) in [6.07, 6.45) is 0. The van der Waals surface area contributed by atoms with Crippen LogP contribution < -0.4 is 79.5 Å². The fraction of sp³-hybridized carbons (Fsp3) is 0.0625. The van der Waals surface area contributed by atoms with Crippen molar-refractivity contribution < 1.29 is 120 Å². The summed E-state index contributed by atoms with van der Waals surface area (Å²) in [6, 6.07) is 17.9. The number of hydrogen-bond acceptors (Lipinski definition) is 17. The topological polar surface area (TPSA) is 321 Å². The van der Waals surface area contributed by atoms with Crippen LogP contribution in [-0.4, -0.2) is 42.4 Å². The molecule has 6 rings (SSSR count). The largest absolute Gasteiger partial charge is 3.00 e. The van der Waals surface area contributed by atoms with E-state index in [9.17, 15) is 53.6 Å². The standard InChI is InChI=1S/C16H12ClN5O7S.C16H12ClN5O4.Cr.2Na/c1-8-14(16(24)21(20-8)10-4-2-3-9(17)5-10)19-18-12-6-11(30(27,28)29)7-13(15(12)23)22(25)26;1-9-14(16(24)21(20-9)11-5-3-2-4-6-11)19-18-12-7-10(17)8-13(15(12)23)22(25)26;;;/h2-7,23-24H,1H3,(H,27,28,29);2-8,23-24H,1H3;;;/q;;+3;2*+1/p-5. The Kier molecular flexibility index (Phi) is 18.2. The third-order valence-corrected chi connectivity index (χ3v) is 8.53. The van der Waals surface area contributed by atoms with E-state index in [2.05, 4.69) is 30.7 Å². The first-order valence-corrected chi connectivity index (χ1v) is 17.3. The molecule has 0 spiro atoms. The van der Waals surface area contributed by atoms with Crippen molar-refractivity contribution in [1.29, 1.82) is 0 Å². The van der Waals surface area contributed by atoms with E-state index in [1.807, 2.05) is 0 Å². The summed E-state index contributed by atoms with van der Waals surface area (Å²) in [7, 11) is -5.12. The van der Waals surface area contributed by atoms with Crippen LogP contribution in [0.5, 0.6) is 23.3 Å². The number of aromatic nitrogens is 4. The van der Waals surface area contributed by atoms with Crippen molar-refractivity contribution in [2.24, 2.45) is 20.5 Å². The molecule has 2 aromatic heterocycles. The fourth-order valence-corrected chi connectivity index (χ4v) is 5.57. The third-order valence-electron chi connectivity index (χ3n) is 7.26. The SMILES string of the molecule is Cc1nn(-c2cccc(Cl)c2)c([O-])c1N=Nc1cc(S(=O)(=O)[O-])cc([N+](=O)[O-])c1[O-].Cc1nn(-c2ccccc2)c([O-])c1N=Nc1cc(Cl)cc([N+](=O)[O-])c1[O-].[Cr+3].[Na+].[Na+]. The Hall–Kier alpha value is -4.48. The second-order valence-corrected chi connectivity index (χ2v) is 13.3. The number of rotatable bonds is 9. The second kappa shape index (κ2) is 21.2. The van der Waals surface area contributed by atoms with E-state index >= 15 is 0 Å². The van der Waals surface area contributed by atoms with E-state index in [0.29, 0.717) is 34.2 Å². The number of nitro benzene ring substituents is 2. The van der Waals surface area contributed by atoms with Crippen LogP contribution in [0.15, 0.2) is 104 Å². The molecule has 0 bridgehead atoms. The fourth-order valence-electron chi connectivity index (χ4n) is 4.66. The Labute approximate surface area is 397 Å². The molecule has 0 N–H and O–H groups in total. The van der Waals surface area contributed by atoms with Gasteiger partial charge in [0.2, 0.25) is 0 Å². The first-order valence-electron chi connectivity index (χ1n) is 15.2. The first kappa shape index (κ1) is 50.7. The molecular formula is C32H19Cl2CrN10Na2O11S. The first-order chi connectivity index (χ1) is 26.4. The number of nitrogens with zero attached hydrogens (tertiary/aromatic N) is 10. The van der Waals surface area contributed by atoms with Gasteiger partial charge in [-0.1, -0.05) is 47.5 Å². The Morgan fingerprint density at radius 1 is 0.627 bits per heavy atom. The summed E-state index contributed by atoms with van der Waals surface area (Å²) in [5, 5.41) is 94.1. The van der Waals surface area contributed by atoms with E-state index in [-0.39, 0.29) is 104 Å². The van der Waals surface area contributed by atoms with Gasteiger partial charge in [0.05, 0.1) is 48.9 Å². The van der Waals surface area contributed by atoms with Gasteiger partial charge in [-0.2, -0.15) is 20.4 Å². The zero-order valence-electron chi connectivity index (χ0n) is 30.5. The molecule has 0 unspecified atom stereocenters. The van der Waals surface area contributed by atoms with E-state index < -0.39 is 65.2 Å². The number of halogens is 2. The van der Waals surface area contributed by atoms with Crippen molar-refractivity contribution in [2.75, 3.05) is 0 Å². The molecule has 0 aliphatic heterocycles. The summed E-state index contributed by atoms with van der Waals surface area (Å²) in [5.74, 6) is -3.47. The minimum absolute atomic E-state index is 0. The molecule has 2 heterocycles.